The predicted molar refractivity (Wildman–Crippen MR) is 115 cm³/mol. The molecule has 1 atom stereocenters. The molecule has 3 aliphatic rings. The van der Waals surface area contributed by atoms with Crippen molar-refractivity contribution in [1.29, 1.82) is 0 Å². The van der Waals surface area contributed by atoms with E-state index in [-0.39, 0.29) is 30.5 Å². The summed E-state index contributed by atoms with van der Waals surface area (Å²) in [7, 11) is -3.71. The van der Waals surface area contributed by atoms with Crippen LogP contribution in [0.1, 0.15) is 32.6 Å². The Balaban J connectivity index is 1.28. The number of amides is 1. The van der Waals surface area contributed by atoms with Crippen LogP contribution in [0.15, 0.2) is 23.1 Å². The van der Waals surface area contributed by atoms with Crippen LogP contribution in [0.25, 0.3) is 0 Å². The Morgan fingerprint density at radius 3 is 2.50 bits per heavy atom. The van der Waals surface area contributed by atoms with Crippen molar-refractivity contribution in [2.45, 2.75) is 37.5 Å². The predicted octanol–water partition coefficient (Wildman–Crippen LogP) is 1.66. The van der Waals surface area contributed by atoms with Crippen LogP contribution in [0.5, 0.6) is 11.5 Å². The molecule has 3 heterocycles. The summed E-state index contributed by atoms with van der Waals surface area (Å²) in [6, 6.07) is 4.60. The highest BCUT2D eigenvalue weighted by Gasteiger charge is 2.34. The van der Waals surface area contributed by atoms with Crippen LogP contribution < -0.4 is 9.47 Å². The highest BCUT2D eigenvalue weighted by molar-refractivity contribution is 7.89. The fraction of sp³-hybridized carbons (Fsp3) is 0.636. The third kappa shape index (κ3) is 5.01. The number of carbonyl (C=O) groups excluding carboxylic acids is 2. The second-order valence-electron chi connectivity index (χ2n) is 8.68. The van der Waals surface area contributed by atoms with Gasteiger partial charge in [0.25, 0.3) is 5.91 Å². The number of nitrogens with zero attached hydrogens (tertiary/aromatic N) is 2. The lowest BCUT2D eigenvalue weighted by atomic mass is 9.98. The molecule has 1 aromatic carbocycles. The zero-order valence-corrected chi connectivity index (χ0v) is 19.1. The average molecular weight is 467 g/mol. The van der Waals surface area contributed by atoms with E-state index in [9.17, 15) is 18.0 Å². The number of carbonyl (C=O) groups is 2. The molecule has 2 saturated heterocycles. The first-order chi connectivity index (χ1) is 15.3. The van der Waals surface area contributed by atoms with Gasteiger partial charge in [-0.15, -0.1) is 0 Å². The number of fused-ring (bicyclic) bond motifs is 1. The Kier molecular flexibility index (Phi) is 6.90. The maximum absolute atomic E-state index is 13.0. The van der Waals surface area contributed by atoms with E-state index in [1.54, 1.807) is 11.0 Å². The number of rotatable bonds is 5. The number of esters is 1. The summed E-state index contributed by atoms with van der Waals surface area (Å²) in [5.74, 6) is 0.413. The van der Waals surface area contributed by atoms with E-state index in [4.69, 9.17) is 14.2 Å². The summed E-state index contributed by atoms with van der Waals surface area (Å²) in [6.07, 6.45) is 2.80. The molecule has 4 rings (SSSR count). The molecule has 1 amide bonds. The smallest absolute Gasteiger partial charge is 0.309 e. The maximum atomic E-state index is 13.0. The van der Waals surface area contributed by atoms with Crippen LogP contribution in [0.4, 0.5) is 0 Å². The van der Waals surface area contributed by atoms with Gasteiger partial charge >= 0.3 is 5.97 Å². The van der Waals surface area contributed by atoms with E-state index in [1.807, 2.05) is 0 Å². The fourth-order valence-electron chi connectivity index (χ4n) is 4.42. The first-order valence-corrected chi connectivity index (χ1v) is 12.6. The SMILES string of the molecule is C[C@@H]1CCCN(C(=O)COC(=O)C2CCN(S(=O)(=O)c3ccc4c(c3)OCCO4)CC2)C1. The van der Waals surface area contributed by atoms with Gasteiger partial charge in [0.1, 0.15) is 13.2 Å². The summed E-state index contributed by atoms with van der Waals surface area (Å²) < 4.78 is 43.6. The molecule has 0 unspecified atom stereocenters. The Hall–Kier alpha value is -2.33. The van der Waals surface area contributed by atoms with E-state index in [0.717, 1.165) is 12.8 Å². The molecule has 176 valence electrons. The first kappa shape index (κ1) is 22.8. The van der Waals surface area contributed by atoms with Crippen LogP contribution in [0, 0.1) is 11.8 Å². The van der Waals surface area contributed by atoms with Gasteiger partial charge in [-0.3, -0.25) is 9.59 Å². The van der Waals surface area contributed by atoms with Crippen LogP contribution >= 0.6 is 0 Å². The lowest BCUT2D eigenvalue weighted by Crippen LogP contribution is -2.43. The normalized spacial score (nSPS) is 22.4. The fourth-order valence-corrected chi connectivity index (χ4v) is 5.91. The van der Waals surface area contributed by atoms with Gasteiger partial charge in [-0.1, -0.05) is 6.92 Å². The number of benzene rings is 1. The molecule has 2 fully saturated rings. The second-order valence-corrected chi connectivity index (χ2v) is 10.6. The monoisotopic (exact) mass is 466 g/mol. The topological polar surface area (TPSA) is 102 Å². The van der Waals surface area contributed by atoms with E-state index in [1.165, 1.54) is 16.4 Å². The van der Waals surface area contributed by atoms with Gasteiger partial charge in [-0.2, -0.15) is 4.31 Å². The van der Waals surface area contributed by atoms with Gasteiger partial charge in [0.15, 0.2) is 18.1 Å². The lowest BCUT2D eigenvalue weighted by molar-refractivity contribution is -0.157. The summed E-state index contributed by atoms with van der Waals surface area (Å²) in [5, 5.41) is 0. The molecule has 32 heavy (non-hydrogen) atoms. The van der Waals surface area contributed by atoms with Crippen molar-refractivity contribution in [1.82, 2.24) is 9.21 Å². The van der Waals surface area contributed by atoms with Crippen molar-refractivity contribution in [3.8, 4) is 11.5 Å². The van der Waals surface area contributed by atoms with Crippen LogP contribution in [-0.4, -0.2) is 75.5 Å². The van der Waals surface area contributed by atoms with Crippen molar-refractivity contribution >= 4 is 21.9 Å². The molecule has 0 radical (unpaired) electrons. The molecular formula is C22H30N2O7S. The number of sulfonamides is 1. The summed E-state index contributed by atoms with van der Waals surface area (Å²) >= 11 is 0. The highest BCUT2D eigenvalue weighted by Crippen LogP contribution is 2.34. The molecule has 10 heteroatoms. The highest BCUT2D eigenvalue weighted by atomic mass is 32.2. The van der Waals surface area contributed by atoms with Crippen molar-refractivity contribution < 1.29 is 32.2 Å². The third-order valence-electron chi connectivity index (χ3n) is 6.29. The molecule has 3 aliphatic heterocycles. The van der Waals surface area contributed by atoms with Gasteiger partial charge in [0, 0.05) is 32.2 Å². The largest absolute Gasteiger partial charge is 0.486 e. The van der Waals surface area contributed by atoms with Crippen LogP contribution in [0.2, 0.25) is 0 Å². The molecule has 0 bridgehead atoms. The van der Waals surface area contributed by atoms with Crippen molar-refractivity contribution in [3.05, 3.63) is 18.2 Å². The molecule has 0 spiro atoms. The van der Waals surface area contributed by atoms with Crippen LogP contribution in [-0.2, 0) is 24.3 Å². The lowest BCUT2D eigenvalue weighted by Gasteiger charge is -2.32. The van der Waals surface area contributed by atoms with E-state index in [2.05, 4.69) is 6.92 Å². The molecule has 0 saturated carbocycles. The minimum Gasteiger partial charge on any atom is -0.486 e. The number of hydrogen-bond acceptors (Lipinski definition) is 7. The number of likely N-dealkylation sites (tertiary alicyclic amines) is 1. The molecule has 0 aromatic heterocycles. The Morgan fingerprint density at radius 2 is 1.78 bits per heavy atom. The average Bonchev–Trinajstić information content (AvgIpc) is 2.82. The van der Waals surface area contributed by atoms with Crippen LogP contribution in [0.3, 0.4) is 0 Å². The first-order valence-electron chi connectivity index (χ1n) is 11.2. The van der Waals surface area contributed by atoms with Gasteiger partial charge in [0.2, 0.25) is 10.0 Å². The van der Waals surface area contributed by atoms with E-state index >= 15 is 0 Å². The molecule has 0 aliphatic carbocycles. The Bertz CT molecular complexity index is 957. The molecule has 0 N–H and O–H groups in total. The number of hydrogen-bond donors (Lipinski definition) is 0. The number of piperidine rings is 2. The minimum absolute atomic E-state index is 0.143. The summed E-state index contributed by atoms with van der Waals surface area (Å²) in [5.41, 5.74) is 0. The zero-order valence-electron chi connectivity index (χ0n) is 18.3. The summed E-state index contributed by atoms with van der Waals surface area (Å²) in [4.78, 5) is 26.7. The standard InChI is InChI=1S/C22H30N2O7S/c1-16-3-2-8-23(14-16)21(25)15-31-22(26)17-6-9-24(10-7-17)32(27,28)18-4-5-19-20(13-18)30-12-11-29-19/h4-5,13,16-17H,2-3,6-12,14-15H2,1H3/t16-/m1/s1. The van der Waals surface area contributed by atoms with Gasteiger partial charge in [0.05, 0.1) is 10.8 Å². The molecular weight excluding hydrogens is 436 g/mol. The third-order valence-corrected chi connectivity index (χ3v) is 8.18. The van der Waals surface area contributed by atoms with Crippen molar-refractivity contribution in [2.75, 3.05) is 46.0 Å². The maximum Gasteiger partial charge on any atom is 0.309 e. The number of ether oxygens (including phenoxy) is 3. The quantitative estimate of drug-likeness (QED) is 0.608. The van der Waals surface area contributed by atoms with Gasteiger partial charge in [-0.05, 0) is 43.7 Å². The molecule has 9 nitrogen and oxygen atoms in total. The second kappa shape index (κ2) is 9.66. The Morgan fingerprint density at radius 1 is 1.06 bits per heavy atom. The Labute approximate surface area is 188 Å². The van der Waals surface area contributed by atoms with E-state index < -0.39 is 21.9 Å². The van der Waals surface area contributed by atoms with Gasteiger partial charge in [-0.25, -0.2) is 8.42 Å². The minimum atomic E-state index is -3.71. The summed E-state index contributed by atoms with van der Waals surface area (Å²) in [6.45, 7) is 4.51. The zero-order chi connectivity index (χ0) is 22.7. The molecule has 1 aromatic rings. The van der Waals surface area contributed by atoms with Crippen molar-refractivity contribution in [3.63, 3.8) is 0 Å². The van der Waals surface area contributed by atoms with Crippen molar-refractivity contribution in [2.24, 2.45) is 11.8 Å². The van der Waals surface area contributed by atoms with E-state index in [0.29, 0.717) is 56.6 Å². The van der Waals surface area contributed by atoms with Gasteiger partial charge < -0.3 is 19.1 Å².